The maximum atomic E-state index is 6.33. The molecule has 0 bridgehead atoms. The number of aryl methyl sites for hydroxylation is 1. The van der Waals surface area contributed by atoms with Crippen LogP contribution in [0.5, 0.6) is 0 Å². The maximum Gasteiger partial charge on any atom is 0.251 e. The number of rotatable bonds is 5. The van der Waals surface area contributed by atoms with Crippen molar-refractivity contribution in [3.63, 3.8) is 0 Å². The van der Waals surface area contributed by atoms with Gasteiger partial charge < -0.3 is 4.43 Å². The van der Waals surface area contributed by atoms with Crippen LogP contribution in [0, 0.1) is 12.8 Å². The molecule has 0 saturated carbocycles. The van der Waals surface area contributed by atoms with Gasteiger partial charge in [0.15, 0.2) is 0 Å². The molecule has 1 aromatic rings. The zero-order valence-electron chi connectivity index (χ0n) is 13.5. The SMILES string of the molecule is C=C(O[Si](C)(C)C(C)(C)C(C)C)c1ccc(C)cc1. The lowest BCUT2D eigenvalue weighted by molar-refractivity contribution is 0.378. The fourth-order valence-corrected chi connectivity index (χ4v) is 4.32. The molecule has 0 aliphatic carbocycles. The minimum absolute atomic E-state index is 0.209. The molecule has 0 radical (unpaired) electrons. The van der Waals surface area contributed by atoms with Crippen LogP contribution in [0.25, 0.3) is 5.76 Å². The van der Waals surface area contributed by atoms with Gasteiger partial charge in [-0.3, -0.25) is 0 Å². The van der Waals surface area contributed by atoms with E-state index < -0.39 is 8.32 Å². The Hall–Kier alpha value is -1.02. The van der Waals surface area contributed by atoms with Crippen LogP contribution in [0.3, 0.4) is 0 Å². The van der Waals surface area contributed by atoms with E-state index in [4.69, 9.17) is 4.43 Å². The fourth-order valence-electron chi connectivity index (χ4n) is 1.93. The molecule has 106 valence electrons. The van der Waals surface area contributed by atoms with Crippen LogP contribution in [0.1, 0.15) is 38.8 Å². The monoisotopic (exact) mass is 276 g/mol. The normalized spacial score (nSPS) is 12.6. The Balaban J connectivity index is 2.89. The second-order valence-electron chi connectivity index (χ2n) is 6.78. The first-order valence-electron chi connectivity index (χ1n) is 7.03. The molecule has 0 aliphatic heterocycles. The van der Waals surface area contributed by atoms with E-state index in [0.717, 1.165) is 11.3 Å². The highest BCUT2D eigenvalue weighted by atomic mass is 28.4. The molecule has 0 N–H and O–H groups in total. The minimum atomic E-state index is -1.85. The Morgan fingerprint density at radius 1 is 1.16 bits per heavy atom. The standard InChI is InChI=1S/C17H28OSi/c1-13(2)17(5,6)19(7,8)18-15(4)16-11-9-14(3)10-12-16/h9-13H,4H2,1-3,5-8H3. The van der Waals surface area contributed by atoms with E-state index in [1.54, 1.807) is 0 Å². The van der Waals surface area contributed by atoms with Gasteiger partial charge >= 0.3 is 0 Å². The molecule has 0 saturated heterocycles. The molecule has 0 atom stereocenters. The molecule has 0 amide bonds. The van der Waals surface area contributed by atoms with Crippen LogP contribution in [0.2, 0.25) is 18.1 Å². The topological polar surface area (TPSA) is 9.23 Å². The van der Waals surface area contributed by atoms with Gasteiger partial charge in [0.25, 0.3) is 8.32 Å². The third-order valence-corrected chi connectivity index (χ3v) is 9.18. The molecule has 2 heteroatoms. The van der Waals surface area contributed by atoms with Crippen molar-refractivity contribution in [3.05, 3.63) is 42.0 Å². The highest BCUT2D eigenvalue weighted by molar-refractivity contribution is 6.75. The quantitative estimate of drug-likeness (QED) is 0.500. The van der Waals surface area contributed by atoms with E-state index in [0.29, 0.717) is 5.92 Å². The van der Waals surface area contributed by atoms with Crippen molar-refractivity contribution in [3.8, 4) is 0 Å². The number of hydrogen-bond acceptors (Lipinski definition) is 1. The molecule has 0 heterocycles. The van der Waals surface area contributed by atoms with Gasteiger partial charge in [-0.1, -0.05) is 64.1 Å². The molecule has 0 aromatic heterocycles. The predicted octanol–water partition coefficient (Wildman–Crippen LogP) is 5.62. The van der Waals surface area contributed by atoms with E-state index >= 15 is 0 Å². The maximum absolute atomic E-state index is 6.33. The Labute approximate surface area is 119 Å². The van der Waals surface area contributed by atoms with Crippen molar-refractivity contribution in [2.75, 3.05) is 0 Å². The molecule has 0 aliphatic rings. The smallest absolute Gasteiger partial charge is 0.251 e. The second-order valence-corrected chi connectivity index (χ2v) is 11.3. The third-order valence-electron chi connectivity index (χ3n) is 4.75. The summed E-state index contributed by atoms with van der Waals surface area (Å²) in [6.45, 7) is 19.9. The molecule has 1 aromatic carbocycles. The predicted molar refractivity (Wildman–Crippen MR) is 87.7 cm³/mol. The van der Waals surface area contributed by atoms with Gasteiger partial charge in [-0.05, 0) is 31.0 Å². The van der Waals surface area contributed by atoms with Gasteiger partial charge in [-0.25, -0.2) is 0 Å². The van der Waals surface area contributed by atoms with Crippen LogP contribution < -0.4 is 0 Å². The molecule has 0 fully saturated rings. The summed E-state index contributed by atoms with van der Waals surface area (Å²) in [5.74, 6) is 1.41. The van der Waals surface area contributed by atoms with Gasteiger partial charge in [-0.15, -0.1) is 0 Å². The lowest BCUT2D eigenvalue weighted by Crippen LogP contribution is -2.44. The Morgan fingerprint density at radius 2 is 1.63 bits per heavy atom. The van der Waals surface area contributed by atoms with Gasteiger partial charge in [0, 0.05) is 5.56 Å². The van der Waals surface area contributed by atoms with E-state index in [2.05, 4.69) is 78.6 Å². The van der Waals surface area contributed by atoms with Gasteiger partial charge in [-0.2, -0.15) is 0 Å². The Kier molecular flexibility index (Phi) is 4.67. The van der Waals surface area contributed by atoms with Gasteiger partial charge in [0.1, 0.15) is 5.76 Å². The second kappa shape index (κ2) is 5.54. The van der Waals surface area contributed by atoms with Crippen molar-refractivity contribution in [1.29, 1.82) is 0 Å². The summed E-state index contributed by atoms with van der Waals surface area (Å²) in [5, 5.41) is 0.209. The van der Waals surface area contributed by atoms with Crippen molar-refractivity contribution < 1.29 is 4.43 Å². The van der Waals surface area contributed by atoms with E-state index in [1.807, 2.05) is 0 Å². The molecule has 1 nitrogen and oxygen atoms in total. The van der Waals surface area contributed by atoms with Crippen molar-refractivity contribution in [2.24, 2.45) is 5.92 Å². The lowest BCUT2D eigenvalue weighted by atomic mass is 9.99. The number of hydrogen-bond donors (Lipinski definition) is 0. The summed E-state index contributed by atoms with van der Waals surface area (Å²) in [6, 6.07) is 8.38. The van der Waals surface area contributed by atoms with Crippen LogP contribution in [-0.4, -0.2) is 8.32 Å². The lowest BCUT2D eigenvalue weighted by Gasteiger charge is -2.42. The van der Waals surface area contributed by atoms with Crippen molar-refractivity contribution in [2.45, 2.75) is 52.8 Å². The summed E-state index contributed by atoms with van der Waals surface area (Å²) in [7, 11) is -1.85. The molecule has 19 heavy (non-hydrogen) atoms. The van der Waals surface area contributed by atoms with Crippen LogP contribution in [-0.2, 0) is 4.43 Å². The Morgan fingerprint density at radius 3 is 2.05 bits per heavy atom. The summed E-state index contributed by atoms with van der Waals surface area (Å²) in [4.78, 5) is 0. The highest BCUT2D eigenvalue weighted by Crippen LogP contribution is 2.46. The first kappa shape index (κ1) is 16.0. The Bertz CT molecular complexity index is 441. The largest absolute Gasteiger partial charge is 0.543 e. The highest BCUT2D eigenvalue weighted by Gasteiger charge is 2.45. The first-order chi connectivity index (χ1) is 8.58. The van der Waals surface area contributed by atoms with Crippen LogP contribution in [0.4, 0.5) is 0 Å². The van der Waals surface area contributed by atoms with E-state index in [-0.39, 0.29) is 5.04 Å². The molecular weight excluding hydrogens is 248 g/mol. The van der Waals surface area contributed by atoms with Crippen molar-refractivity contribution >= 4 is 14.1 Å². The van der Waals surface area contributed by atoms with E-state index in [9.17, 15) is 0 Å². The first-order valence-corrected chi connectivity index (χ1v) is 9.93. The molecule has 0 unspecified atom stereocenters. The van der Waals surface area contributed by atoms with Gasteiger partial charge in [0.05, 0.1) is 0 Å². The molecule has 0 spiro atoms. The molecular formula is C17H28OSi. The molecule has 1 rings (SSSR count). The number of benzene rings is 1. The van der Waals surface area contributed by atoms with E-state index in [1.165, 1.54) is 5.56 Å². The summed E-state index contributed by atoms with van der Waals surface area (Å²) < 4.78 is 6.33. The summed E-state index contributed by atoms with van der Waals surface area (Å²) in [6.07, 6.45) is 0. The van der Waals surface area contributed by atoms with Gasteiger partial charge in [0.2, 0.25) is 0 Å². The zero-order chi connectivity index (χ0) is 14.8. The van der Waals surface area contributed by atoms with Crippen LogP contribution in [0.15, 0.2) is 30.8 Å². The third kappa shape index (κ3) is 3.50. The fraction of sp³-hybridized carbons (Fsp3) is 0.529. The minimum Gasteiger partial charge on any atom is -0.543 e. The van der Waals surface area contributed by atoms with Crippen LogP contribution >= 0.6 is 0 Å². The average Bonchev–Trinajstić information content (AvgIpc) is 2.28. The summed E-state index contributed by atoms with van der Waals surface area (Å²) >= 11 is 0. The zero-order valence-corrected chi connectivity index (χ0v) is 14.5. The average molecular weight is 276 g/mol. The summed E-state index contributed by atoms with van der Waals surface area (Å²) in [5.41, 5.74) is 2.35. The van der Waals surface area contributed by atoms with Crippen molar-refractivity contribution in [1.82, 2.24) is 0 Å².